The van der Waals surface area contributed by atoms with Crippen molar-refractivity contribution in [1.82, 2.24) is 10.2 Å². The van der Waals surface area contributed by atoms with Crippen molar-refractivity contribution in [3.8, 4) is 5.75 Å². The topological polar surface area (TPSA) is 88.1 Å². The molecule has 7 nitrogen and oxygen atoms in total. The number of nitrogens with zero attached hydrogens (tertiary/aromatic N) is 1. The van der Waals surface area contributed by atoms with E-state index >= 15 is 0 Å². The number of carboxylic acid groups (broad SMARTS) is 1. The van der Waals surface area contributed by atoms with E-state index in [1.165, 1.54) is 11.0 Å². The Kier molecular flexibility index (Phi) is 13.4. The van der Waals surface area contributed by atoms with E-state index in [9.17, 15) is 23.5 Å². The molecule has 3 rings (SSSR count). The van der Waals surface area contributed by atoms with Crippen molar-refractivity contribution < 1.29 is 33.0 Å². The van der Waals surface area contributed by atoms with E-state index in [2.05, 4.69) is 17.4 Å². The predicted octanol–water partition coefficient (Wildman–Crippen LogP) is 6.16. The molecule has 1 atom stereocenters. The summed E-state index contributed by atoms with van der Waals surface area (Å²) in [5.74, 6) is -0.891. The monoisotopic (exact) mass is 586 g/mol. The molecule has 3 aromatic carbocycles. The molecule has 0 saturated carbocycles. The lowest BCUT2D eigenvalue weighted by Crippen LogP contribution is -2.42. The van der Waals surface area contributed by atoms with Gasteiger partial charge in [-0.15, -0.1) is 11.8 Å². The molecule has 0 aliphatic carbocycles. The molecular weight excluding hydrogens is 550 g/mol. The molecule has 0 heterocycles. The minimum absolute atomic E-state index is 0.0628. The lowest BCUT2D eigenvalue weighted by molar-refractivity contribution is -0.149. The number of carbonyl (C=O) groups is 2. The van der Waals surface area contributed by atoms with Crippen LogP contribution in [0.25, 0.3) is 0 Å². The number of hydrogen-bond acceptors (Lipinski definition) is 5. The number of carboxylic acids is 1. The highest BCUT2D eigenvalue weighted by atomic mass is 32.2. The van der Waals surface area contributed by atoms with Crippen LogP contribution >= 0.6 is 11.8 Å². The molecule has 220 valence electrons. The number of thioether (sulfide) groups is 1. The van der Waals surface area contributed by atoms with Crippen LogP contribution in [-0.4, -0.2) is 60.2 Å². The molecule has 1 unspecified atom stereocenters. The number of halogens is 2. The minimum Gasteiger partial charge on any atom is -0.492 e. The minimum atomic E-state index is -1.01. The number of aliphatic carboxylic acids is 1. The van der Waals surface area contributed by atoms with E-state index in [1.807, 2.05) is 18.2 Å². The van der Waals surface area contributed by atoms with Crippen molar-refractivity contribution in [2.24, 2.45) is 0 Å². The third-order valence-corrected chi connectivity index (χ3v) is 7.28. The molecule has 0 radical (unpaired) electrons. The van der Waals surface area contributed by atoms with E-state index in [0.29, 0.717) is 25.4 Å². The van der Waals surface area contributed by atoms with Crippen molar-refractivity contribution in [3.63, 3.8) is 0 Å². The Morgan fingerprint density at radius 2 is 1.76 bits per heavy atom. The molecular formula is C31H36F2N2O5S. The van der Waals surface area contributed by atoms with Crippen LogP contribution in [0.15, 0.2) is 77.7 Å². The van der Waals surface area contributed by atoms with Gasteiger partial charge in [0.25, 0.3) is 0 Å². The fourth-order valence-electron chi connectivity index (χ4n) is 4.00. The van der Waals surface area contributed by atoms with Gasteiger partial charge in [-0.2, -0.15) is 0 Å². The van der Waals surface area contributed by atoms with Gasteiger partial charge in [-0.1, -0.05) is 36.4 Å². The average Bonchev–Trinajstić information content (AvgIpc) is 2.96. The SMILES string of the molecule is CCOC(Cc1ccc(OCCN(CCCCSc2ccccc2)C(=O)NCc2ccc(F)cc2F)cc1)C(=O)O. The summed E-state index contributed by atoms with van der Waals surface area (Å²) in [6, 6.07) is 20.1. The zero-order valence-corrected chi connectivity index (χ0v) is 23.9. The van der Waals surface area contributed by atoms with Crippen LogP contribution in [0.1, 0.15) is 30.9 Å². The molecule has 2 amide bonds. The molecule has 3 aromatic rings. The molecule has 10 heteroatoms. The first-order valence-electron chi connectivity index (χ1n) is 13.6. The molecule has 0 aromatic heterocycles. The summed E-state index contributed by atoms with van der Waals surface area (Å²) < 4.78 is 38.4. The second kappa shape index (κ2) is 17.2. The molecule has 0 fully saturated rings. The second-order valence-electron chi connectivity index (χ2n) is 9.23. The van der Waals surface area contributed by atoms with Gasteiger partial charge in [0.15, 0.2) is 6.10 Å². The van der Waals surface area contributed by atoms with Gasteiger partial charge < -0.3 is 24.8 Å². The average molecular weight is 587 g/mol. The summed E-state index contributed by atoms with van der Waals surface area (Å²) in [4.78, 5) is 27.1. The summed E-state index contributed by atoms with van der Waals surface area (Å²) in [7, 11) is 0. The summed E-state index contributed by atoms with van der Waals surface area (Å²) in [6.45, 7) is 3.02. The van der Waals surface area contributed by atoms with Crippen LogP contribution in [0.2, 0.25) is 0 Å². The van der Waals surface area contributed by atoms with Gasteiger partial charge in [-0.05, 0) is 61.4 Å². The summed E-state index contributed by atoms with van der Waals surface area (Å²) in [5.41, 5.74) is 1.00. The Morgan fingerprint density at radius 3 is 2.44 bits per heavy atom. The lowest BCUT2D eigenvalue weighted by Gasteiger charge is -2.23. The Morgan fingerprint density at radius 1 is 1.00 bits per heavy atom. The quantitative estimate of drug-likeness (QED) is 0.146. The van der Waals surface area contributed by atoms with Gasteiger partial charge >= 0.3 is 12.0 Å². The number of ether oxygens (including phenoxy) is 2. The first-order chi connectivity index (χ1) is 19.9. The lowest BCUT2D eigenvalue weighted by atomic mass is 10.1. The Balaban J connectivity index is 1.51. The summed E-state index contributed by atoms with van der Waals surface area (Å²) in [5, 5.41) is 12.0. The van der Waals surface area contributed by atoms with Crippen LogP contribution in [0.4, 0.5) is 13.6 Å². The van der Waals surface area contributed by atoms with Gasteiger partial charge in [0.1, 0.15) is 24.0 Å². The number of rotatable bonds is 17. The summed E-state index contributed by atoms with van der Waals surface area (Å²) in [6.07, 6.45) is 1.01. The van der Waals surface area contributed by atoms with Crippen LogP contribution in [0, 0.1) is 11.6 Å². The van der Waals surface area contributed by atoms with Crippen LogP contribution < -0.4 is 10.1 Å². The number of urea groups is 1. The summed E-state index contributed by atoms with van der Waals surface area (Å²) >= 11 is 1.76. The molecule has 0 bridgehead atoms. The van der Waals surface area contributed by atoms with E-state index in [-0.39, 0.29) is 31.2 Å². The first-order valence-corrected chi connectivity index (χ1v) is 14.5. The first kappa shape index (κ1) is 31.9. The maximum Gasteiger partial charge on any atom is 0.333 e. The molecule has 0 saturated heterocycles. The van der Waals surface area contributed by atoms with Crippen molar-refractivity contribution in [3.05, 3.63) is 95.6 Å². The van der Waals surface area contributed by atoms with E-state index in [0.717, 1.165) is 36.3 Å². The Hall–Kier alpha value is -3.63. The van der Waals surface area contributed by atoms with E-state index < -0.39 is 23.7 Å². The highest BCUT2D eigenvalue weighted by Gasteiger charge is 2.18. The molecule has 0 spiro atoms. The largest absolute Gasteiger partial charge is 0.492 e. The van der Waals surface area contributed by atoms with Gasteiger partial charge in [-0.3, -0.25) is 0 Å². The molecule has 0 aliphatic rings. The number of carbonyl (C=O) groups excluding carboxylic acids is 1. The maximum absolute atomic E-state index is 14.0. The third-order valence-electron chi connectivity index (χ3n) is 6.18. The van der Waals surface area contributed by atoms with Gasteiger partial charge in [0, 0.05) is 42.6 Å². The number of nitrogens with one attached hydrogen (secondary N) is 1. The normalized spacial score (nSPS) is 11.6. The van der Waals surface area contributed by atoms with Crippen molar-refractivity contribution in [2.45, 2.75) is 43.7 Å². The number of benzene rings is 3. The molecule has 0 aliphatic heterocycles. The molecule has 41 heavy (non-hydrogen) atoms. The van der Waals surface area contributed by atoms with Crippen LogP contribution in [0.3, 0.4) is 0 Å². The number of amides is 2. The fraction of sp³-hybridized carbons (Fsp3) is 0.355. The highest BCUT2D eigenvalue weighted by Crippen LogP contribution is 2.19. The van der Waals surface area contributed by atoms with Crippen LogP contribution in [-0.2, 0) is 22.5 Å². The second-order valence-corrected chi connectivity index (χ2v) is 10.4. The van der Waals surface area contributed by atoms with Gasteiger partial charge in [0.2, 0.25) is 0 Å². The van der Waals surface area contributed by atoms with E-state index in [4.69, 9.17) is 9.47 Å². The van der Waals surface area contributed by atoms with E-state index in [1.54, 1.807) is 47.9 Å². The Labute approximate surface area is 243 Å². The molecule has 2 N–H and O–H groups in total. The Bertz CT molecular complexity index is 1230. The van der Waals surface area contributed by atoms with Gasteiger partial charge in [0.05, 0.1) is 6.54 Å². The smallest absolute Gasteiger partial charge is 0.333 e. The maximum atomic E-state index is 14.0. The predicted molar refractivity (Wildman–Crippen MR) is 155 cm³/mol. The zero-order chi connectivity index (χ0) is 29.5. The van der Waals surface area contributed by atoms with Gasteiger partial charge in [-0.25, -0.2) is 18.4 Å². The number of unbranched alkanes of at least 4 members (excludes halogenated alkanes) is 1. The number of hydrogen-bond donors (Lipinski definition) is 2. The fourth-order valence-corrected chi connectivity index (χ4v) is 4.94. The zero-order valence-electron chi connectivity index (χ0n) is 23.1. The van der Waals surface area contributed by atoms with Crippen LogP contribution in [0.5, 0.6) is 5.75 Å². The van der Waals surface area contributed by atoms with Crippen molar-refractivity contribution in [2.75, 3.05) is 32.1 Å². The standard InChI is InChI=1S/C31H36F2N2O5S/c1-2-39-29(30(36)37)20-23-10-14-26(15-11-23)40-18-17-35(16-6-7-19-41-27-8-4-3-5-9-27)31(38)34-22-24-12-13-25(32)21-28(24)33/h3-5,8-15,21,29H,2,6-7,16-20,22H2,1H3,(H,34,38)(H,36,37). The highest BCUT2D eigenvalue weighted by molar-refractivity contribution is 7.99. The van der Waals surface area contributed by atoms with Crippen molar-refractivity contribution in [1.29, 1.82) is 0 Å². The third kappa shape index (κ3) is 11.4. The van der Waals surface area contributed by atoms with Crippen molar-refractivity contribution >= 4 is 23.8 Å².